The Morgan fingerprint density at radius 3 is 2.00 bits per heavy atom. The van der Waals surface area contributed by atoms with Gasteiger partial charge in [0.1, 0.15) is 11.3 Å². The molecule has 1 saturated carbocycles. The highest BCUT2D eigenvalue weighted by Crippen LogP contribution is 2.45. The maximum Gasteiger partial charge on any atom is 0.345 e. The molecule has 2 rings (SSSR count). The molecule has 1 N–H and O–H groups in total. The third-order valence-corrected chi connectivity index (χ3v) is 6.09. The van der Waals surface area contributed by atoms with Gasteiger partial charge in [0.05, 0.1) is 0 Å². The summed E-state index contributed by atoms with van der Waals surface area (Å²) in [7, 11) is 0. The van der Waals surface area contributed by atoms with Gasteiger partial charge in [0, 0.05) is 6.42 Å². The molecule has 4 nitrogen and oxygen atoms in total. The number of hydrogen-bond donors (Lipinski definition) is 1. The maximum atomic E-state index is 11.5. The smallest absolute Gasteiger partial charge is 0.345 e. The summed E-state index contributed by atoms with van der Waals surface area (Å²) >= 11 is 0. The number of aliphatic hydroxyl groups excluding tert-OH is 1. The average molecular weight is 379 g/mol. The number of unbranched alkanes of at least 4 members (excludes halogenated alkanes) is 9. The Kier molecular flexibility index (Phi) is 9.93. The first-order valence-electron chi connectivity index (χ1n) is 11.3. The van der Waals surface area contributed by atoms with E-state index < -0.39 is 5.97 Å². The van der Waals surface area contributed by atoms with Gasteiger partial charge in [0.25, 0.3) is 0 Å². The van der Waals surface area contributed by atoms with Gasteiger partial charge in [-0.25, -0.2) is 4.79 Å². The Morgan fingerprint density at radius 1 is 0.889 bits per heavy atom. The topological polar surface area (TPSA) is 63.6 Å². The molecule has 2 aliphatic rings. The van der Waals surface area contributed by atoms with Crippen LogP contribution in [0.25, 0.3) is 0 Å². The Balaban J connectivity index is 1.42. The molecule has 2 atom stereocenters. The van der Waals surface area contributed by atoms with Crippen molar-refractivity contribution in [1.29, 1.82) is 0 Å². The summed E-state index contributed by atoms with van der Waals surface area (Å²) in [5.41, 5.74) is -0.121. The van der Waals surface area contributed by atoms with E-state index in [1.807, 2.05) is 0 Å². The predicted molar refractivity (Wildman–Crippen MR) is 108 cm³/mol. The molecule has 0 bridgehead atoms. The molecule has 2 fully saturated rings. The summed E-state index contributed by atoms with van der Waals surface area (Å²) in [6, 6.07) is 0. The number of Topliss-reactive ketones (excluding diaryl/α,β-unsaturated/α-hetero) is 1. The minimum atomic E-state index is -0.666. The molecule has 0 aromatic heterocycles. The first-order chi connectivity index (χ1) is 13.1. The van der Waals surface area contributed by atoms with Crippen LogP contribution in [0.3, 0.4) is 0 Å². The van der Waals surface area contributed by atoms with E-state index in [-0.39, 0.29) is 23.7 Å². The summed E-state index contributed by atoms with van der Waals surface area (Å²) in [5, 5.41) is 9.93. The average Bonchev–Trinajstić information content (AvgIpc) is 3.31. The van der Waals surface area contributed by atoms with Crippen LogP contribution in [-0.4, -0.2) is 23.5 Å². The van der Waals surface area contributed by atoms with Crippen molar-refractivity contribution in [2.24, 2.45) is 11.8 Å². The van der Waals surface area contributed by atoms with Crippen LogP contribution in [0.4, 0.5) is 0 Å². The van der Waals surface area contributed by atoms with Crippen molar-refractivity contribution in [3.05, 3.63) is 11.3 Å². The van der Waals surface area contributed by atoms with Crippen molar-refractivity contribution >= 4 is 11.8 Å². The molecule has 4 heteroatoms. The Bertz CT molecular complexity index is 491. The number of carbonyl (C=O) groups excluding carboxylic acids is 2. The van der Waals surface area contributed by atoms with E-state index >= 15 is 0 Å². The summed E-state index contributed by atoms with van der Waals surface area (Å²) in [4.78, 5) is 22.9. The van der Waals surface area contributed by atoms with Gasteiger partial charge in [-0.3, -0.25) is 4.79 Å². The second kappa shape index (κ2) is 12.2. The maximum absolute atomic E-state index is 11.5. The summed E-state index contributed by atoms with van der Waals surface area (Å²) < 4.78 is 4.64. The standard InChI is InChI=1S/C23H38O4/c1-2-3-4-5-6-7-8-9-10-13-18-16-19(18)14-11-12-15-20(24)22-21(25)17-27-23(22)26/h18-19,24H,2-17H2,1H3/b22-20+. The molecule has 154 valence electrons. The molecule has 0 aromatic rings. The van der Waals surface area contributed by atoms with Gasteiger partial charge < -0.3 is 9.84 Å². The normalized spacial score (nSPS) is 23.6. The Hall–Kier alpha value is -1.32. The molecule has 1 aliphatic carbocycles. The fourth-order valence-electron chi connectivity index (χ4n) is 4.23. The van der Waals surface area contributed by atoms with E-state index in [1.54, 1.807) is 0 Å². The largest absolute Gasteiger partial charge is 0.511 e. The quantitative estimate of drug-likeness (QED) is 0.124. The lowest BCUT2D eigenvalue weighted by atomic mass is 10.0. The van der Waals surface area contributed by atoms with Crippen molar-refractivity contribution in [3.8, 4) is 0 Å². The van der Waals surface area contributed by atoms with Crippen LogP contribution in [-0.2, 0) is 14.3 Å². The summed E-state index contributed by atoms with van der Waals surface area (Å²) in [6.45, 7) is 2.05. The number of aliphatic hydroxyl groups is 1. The van der Waals surface area contributed by atoms with Crippen LogP contribution < -0.4 is 0 Å². The fraction of sp³-hybridized carbons (Fsp3) is 0.826. The lowest BCUT2D eigenvalue weighted by Crippen LogP contribution is -2.05. The van der Waals surface area contributed by atoms with E-state index in [2.05, 4.69) is 11.7 Å². The third-order valence-electron chi connectivity index (χ3n) is 6.09. The zero-order valence-electron chi connectivity index (χ0n) is 17.1. The number of esters is 1. The van der Waals surface area contributed by atoms with E-state index in [9.17, 15) is 14.7 Å². The van der Waals surface area contributed by atoms with E-state index in [1.165, 1.54) is 77.0 Å². The number of rotatable bonds is 15. The second-order valence-electron chi connectivity index (χ2n) is 8.44. The van der Waals surface area contributed by atoms with E-state index in [0.717, 1.165) is 24.7 Å². The molecular weight excluding hydrogens is 340 g/mol. The number of carbonyl (C=O) groups is 2. The van der Waals surface area contributed by atoms with E-state index in [4.69, 9.17) is 0 Å². The van der Waals surface area contributed by atoms with Crippen LogP contribution >= 0.6 is 0 Å². The third kappa shape index (κ3) is 8.06. The Morgan fingerprint density at radius 2 is 1.44 bits per heavy atom. The minimum Gasteiger partial charge on any atom is -0.511 e. The van der Waals surface area contributed by atoms with Gasteiger partial charge in [-0.1, -0.05) is 84.0 Å². The van der Waals surface area contributed by atoms with Crippen LogP contribution in [0.1, 0.15) is 103 Å². The predicted octanol–water partition coefficient (Wildman–Crippen LogP) is 6.04. The van der Waals surface area contributed by atoms with Crippen LogP contribution in [0.15, 0.2) is 11.3 Å². The van der Waals surface area contributed by atoms with Crippen molar-refractivity contribution in [1.82, 2.24) is 0 Å². The van der Waals surface area contributed by atoms with Crippen molar-refractivity contribution in [2.45, 2.75) is 103 Å². The molecule has 0 aromatic carbocycles. The van der Waals surface area contributed by atoms with Crippen LogP contribution in [0, 0.1) is 11.8 Å². The Labute approximate surface area is 164 Å². The fourth-order valence-corrected chi connectivity index (χ4v) is 4.23. The van der Waals surface area contributed by atoms with Gasteiger partial charge in [0.2, 0.25) is 5.78 Å². The summed E-state index contributed by atoms with van der Waals surface area (Å²) in [6.07, 6.45) is 18.8. The molecule has 27 heavy (non-hydrogen) atoms. The lowest BCUT2D eigenvalue weighted by molar-refractivity contribution is -0.135. The molecule has 0 radical (unpaired) electrons. The number of hydrogen-bond acceptors (Lipinski definition) is 4. The van der Waals surface area contributed by atoms with Gasteiger partial charge in [-0.2, -0.15) is 0 Å². The first kappa shape index (κ1) is 22.0. The molecule has 0 spiro atoms. The zero-order valence-corrected chi connectivity index (χ0v) is 17.1. The van der Waals surface area contributed by atoms with Gasteiger partial charge in [0.15, 0.2) is 6.61 Å². The number of ether oxygens (including phenoxy) is 1. The van der Waals surface area contributed by atoms with Crippen LogP contribution in [0.5, 0.6) is 0 Å². The molecule has 1 saturated heterocycles. The monoisotopic (exact) mass is 378 g/mol. The van der Waals surface area contributed by atoms with Gasteiger partial charge >= 0.3 is 5.97 Å². The highest BCUT2D eigenvalue weighted by Gasteiger charge is 2.35. The van der Waals surface area contributed by atoms with Gasteiger partial charge in [-0.05, 0) is 24.7 Å². The highest BCUT2D eigenvalue weighted by atomic mass is 16.5. The SMILES string of the molecule is CCCCCCCCCCCC1CC1CCCC/C(O)=C1/C(=O)COC1=O. The van der Waals surface area contributed by atoms with Gasteiger partial charge in [-0.15, -0.1) is 0 Å². The van der Waals surface area contributed by atoms with Crippen LogP contribution in [0.2, 0.25) is 0 Å². The van der Waals surface area contributed by atoms with Crippen molar-refractivity contribution in [3.63, 3.8) is 0 Å². The zero-order chi connectivity index (χ0) is 19.5. The van der Waals surface area contributed by atoms with Crippen molar-refractivity contribution in [2.75, 3.05) is 6.61 Å². The van der Waals surface area contributed by atoms with Crippen molar-refractivity contribution < 1.29 is 19.4 Å². The first-order valence-corrected chi connectivity index (χ1v) is 11.3. The molecular formula is C23H38O4. The molecule has 0 amide bonds. The number of allylic oxidation sites excluding steroid dienone is 1. The second-order valence-corrected chi connectivity index (χ2v) is 8.44. The van der Waals surface area contributed by atoms with E-state index in [0.29, 0.717) is 6.42 Å². The molecule has 1 heterocycles. The minimum absolute atomic E-state index is 0.0791. The molecule has 1 aliphatic heterocycles. The number of ketones is 1. The highest BCUT2D eigenvalue weighted by molar-refractivity contribution is 6.22. The molecule has 2 unspecified atom stereocenters. The lowest BCUT2D eigenvalue weighted by Gasteiger charge is -2.04. The number of cyclic esters (lactones) is 1. The summed E-state index contributed by atoms with van der Waals surface area (Å²) in [5.74, 6) is 0.658.